The third-order valence-corrected chi connectivity index (χ3v) is 5.96. The van der Waals surface area contributed by atoms with Gasteiger partial charge in [-0.25, -0.2) is 8.42 Å². The molecule has 1 heterocycles. The average Bonchev–Trinajstić information content (AvgIpc) is 3.04. The molecule has 1 amide bonds. The second-order valence-corrected chi connectivity index (χ2v) is 9.39. The van der Waals surface area contributed by atoms with Gasteiger partial charge in [-0.3, -0.25) is 4.79 Å². The molecule has 1 unspecified atom stereocenters. The molecule has 1 atom stereocenters. The summed E-state index contributed by atoms with van der Waals surface area (Å²) in [5, 5.41) is 2.75. The molecule has 1 saturated heterocycles. The zero-order chi connectivity index (χ0) is 17.8. The van der Waals surface area contributed by atoms with Crippen molar-refractivity contribution in [3.05, 3.63) is 29.8 Å². The molecular weight excluding hydrogens is 326 g/mol. The van der Waals surface area contributed by atoms with E-state index >= 15 is 0 Å². The Morgan fingerprint density at radius 1 is 1.25 bits per heavy atom. The van der Waals surface area contributed by atoms with Gasteiger partial charge in [0.2, 0.25) is 5.91 Å². The zero-order valence-electron chi connectivity index (χ0n) is 14.7. The highest BCUT2D eigenvalue weighted by atomic mass is 32.2. The Kier molecular flexibility index (Phi) is 6.04. The van der Waals surface area contributed by atoms with E-state index in [2.05, 4.69) is 26.1 Å². The van der Waals surface area contributed by atoms with Crippen molar-refractivity contribution in [3.63, 3.8) is 0 Å². The summed E-state index contributed by atoms with van der Waals surface area (Å²) in [6.07, 6.45) is 1.99. The van der Waals surface area contributed by atoms with Crippen molar-refractivity contribution in [1.29, 1.82) is 0 Å². The molecule has 0 saturated carbocycles. The molecule has 6 heteroatoms. The van der Waals surface area contributed by atoms with Crippen LogP contribution in [0.5, 0.6) is 0 Å². The van der Waals surface area contributed by atoms with Crippen LogP contribution >= 0.6 is 0 Å². The van der Waals surface area contributed by atoms with Gasteiger partial charge in [-0.2, -0.15) is 0 Å². The Bertz CT molecular complexity index is 653. The lowest BCUT2D eigenvalue weighted by atomic mass is 9.87. The van der Waals surface area contributed by atoms with E-state index in [1.807, 2.05) is 12.1 Å². The van der Waals surface area contributed by atoms with E-state index in [-0.39, 0.29) is 34.5 Å². The van der Waals surface area contributed by atoms with Gasteiger partial charge in [0, 0.05) is 19.6 Å². The smallest absolute Gasteiger partial charge is 0.221 e. The van der Waals surface area contributed by atoms with Gasteiger partial charge in [0.25, 0.3) is 0 Å². The lowest BCUT2D eigenvalue weighted by Crippen LogP contribution is -2.32. The molecule has 5 nitrogen and oxygen atoms in total. The predicted molar refractivity (Wildman–Crippen MR) is 93.8 cm³/mol. The Morgan fingerprint density at radius 2 is 1.92 bits per heavy atom. The molecular formula is C18H27NO4S. The summed E-state index contributed by atoms with van der Waals surface area (Å²) < 4.78 is 30.1. The molecule has 24 heavy (non-hydrogen) atoms. The van der Waals surface area contributed by atoms with E-state index < -0.39 is 9.84 Å². The minimum atomic E-state index is -3.45. The number of hydrogen-bond acceptors (Lipinski definition) is 4. The highest BCUT2D eigenvalue weighted by Gasteiger charge is 2.20. The summed E-state index contributed by atoms with van der Waals surface area (Å²) in [6.45, 7) is 7.43. The number of sulfone groups is 1. The summed E-state index contributed by atoms with van der Waals surface area (Å²) in [6, 6.07) is 6.93. The van der Waals surface area contributed by atoms with Crippen molar-refractivity contribution in [2.24, 2.45) is 0 Å². The number of nitrogens with one attached hydrogen (secondary N) is 1. The molecule has 1 aliphatic rings. The number of hydrogen-bond donors (Lipinski definition) is 1. The summed E-state index contributed by atoms with van der Waals surface area (Å²) in [4.78, 5) is 12.1. The Balaban J connectivity index is 1.87. The first kappa shape index (κ1) is 18.9. The van der Waals surface area contributed by atoms with Gasteiger partial charge in [-0.05, 0) is 36.0 Å². The van der Waals surface area contributed by atoms with Crippen LogP contribution in [0.2, 0.25) is 0 Å². The van der Waals surface area contributed by atoms with Crippen LogP contribution < -0.4 is 5.32 Å². The van der Waals surface area contributed by atoms with Crippen LogP contribution in [-0.2, 0) is 24.8 Å². The van der Waals surface area contributed by atoms with Crippen LogP contribution in [0.25, 0.3) is 0 Å². The first-order chi connectivity index (χ1) is 11.2. The van der Waals surface area contributed by atoms with Crippen molar-refractivity contribution < 1.29 is 17.9 Å². The van der Waals surface area contributed by atoms with E-state index in [0.29, 0.717) is 6.54 Å². The van der Waals surface area contributed by atoms with Gasteiger partial charge in [0.05, 0.1) is 16.8 Å². The zero-order valence-corrected chi connectivity index (χ0v) is 15.5. The molecule has 1 fully saturated rings. The molecule has 0 aromatic heterocycles. The van der Waals surface area contributed by atoms with Gasteiger partial charge in [0.1, 0.15) is 0 Å². The number of amides is 1. The number of ether oxygens (including phenoxy) is 1. The van der Waals surface area contributed by atoms with Crippen LogP contribution in [0.4, 0.5) is 0 Å². The van der Waals surface area contributed by atoms with Gasteiger partial charge in [-0.15, -0.1) is 0 Å². The van der Waals surface area contributed by atoms with E-state index in [1.165, 1.54) is 0 Å². The Hall–Kier alpha value is -1.40. The number of carbonyl (C=O) groups excluding carboxylic acids is 1. The van der Waals surface area contributed by atoms with Crippen molar-refractivity contribution >= 4 is 15.7 Å². The standard InChI is InChI=1S/C18H27NO4S/c1-18(2,3)14-6-8-16(9-7-14)24(21,22)12-10-17(20)19-13-15-5-4-11-23-15/h6-9,15H,4-5,10-13H2,1-3H3,(H,19,20). The lowest BCUT2D eigenvalue weighted by molar-refractivity contribution is -0.121. The quantitative estimate of drug-likeness (QED) is 0.852. The van der Waals surface area contributed by atoms with Crippen LogP contribution in [0.15, 0.2) is 29.2 Å². The molecule has 0 bridgehead atoms. The van der Waals surface area contributed by atoms with Gasteiger partial charge < -0.3 is 10.1 Å². The Labute approximate surface area is 144 Å². The first-order valence-electron chi connectivity index (χ1n) is 8.40. The maximum absolute atomic E-state index is 12.4. The molecule has 1 aromatic rings. The van der Waals surface area contributed by atoms with Crippen molar-refractivity contribution in [2.45, 2.75) is 56.4 Å². The number of benzene rings is 1. The number of carbonyl (C=O) groups is 1. The molecule has 1 aromatic carbocycles. The monoisotopic (exact) mass is 353 g/mol. The second-order valence-electron chi connectivity index (χ2n) is 7.28. The van der Waals surface area contributed by atoms with E-state index in [1.54, 1.807) is 12.1 Å². The summed E-state index contributed by atoms with van der Waals surface area (Å²) in [7, 11) is -3.45. The van der Waals surface area contributed by atoms with Gasteiger partial charge in [0.15, 0.2) is 9.84 Å². The fraction of sp³-hybridized carbons (Fsp3) is 0.611. The second kappa shape index (κ2) is 7.66. The maximum Gasteiger partial charge on any atom is 0.221 e. The maximum atomic E-state index is 12.4. The fourth-order valence-electron chi connectivity index (χ4n) is 2.63. The molecule has 134 valence electrons. The van der Waals surface area contributed by atoms with Gasteiger partial charge in [-0.1, -0.05) is 32.9 Å². The third-order valence-electron chi connectivity index (χ3n) is 4.23. The van der Waals surface area contributed by atoms with Crippen molar-refractivity contribution in [1.82, 2.24) is 5.32 Å². The molecule has 0 aliphatic carbocycles. The third kappa shape index (κ3) is 5.31. The van der Waals surface area contributed by atoms with E-state index in [4.69, 9.17) is 4.74 Å². The van der Waals surface area contributed by atoms with Crippen LogP contribution in [-0.4, -0.2) is 39.3 Å². The normalized spacial score (nSPS) is 18.5. The van der Waals surface area contributed by atoms with Crippen LogP contribution in [0, 0.1) is 0 Å². The molecule has 1 N–H and O–H groups in total. The minimum absolute atomic E-state index is 0.0233. The average molecular weight is 353 g/mol. The highest BCUT2D eigenvalue weighted by Crippen LogP contribution is 2.23. The summed E-state index contributed by atoms with van der Waals surface area (Å²) >= 11 is 0. The highest BCUT2D eigenvalue weighted by molar-refractivity contribution is 7.91. The van der Waals surface area contributed by atoms with Crippen molar-refractivity contribution in [2.75, 3.05) is 18.9 Å². The molecule has 0 radical (unpaired) electrons. The van der Waals surface area contributed by atoms with Crippen LogP contribution in [0.3, 0.4) is 0 Å². The molecule has 0 spiro atoms. The largest absolute Gasteiger partial charge is 0.376 e. The summed E-state index contributed by atoms with van der Waals surface area (Å²) in [5.74, 6) is -0.431. The topological polar surface area (TPSA) is 72.5 Å². The van der Waals surface area contributed by atoms with Gasteiger partial charge >= 0.3 is 0 Å². The molecule has 1 aliphatic heterocycles. The first-order valence-corrected chi connectivity index (χ1v) is 10.1. The predicted octanol–water partition coefficient (Wildman–Crippen LogP) is 2.44. The summed E-state index contributed by atoms with van der Waals surface area (Å²) in [5.41, 5.74) is 1.06. The van der Waals surface area contributed by atoms with Crippen molar-refractivity contribution in [3.8, 4) is 0 Å². The van der Waals surface area contributed by atoms with E-state index in [0.717, 1.165) is 25.0 Å². The Morgan fingerprint density at radius 3 is 2.46 bits per heavy atom. The molecule has 2 rings (SSSR count). The lowest BCUT2D eigenvalue weighted by Gasteiger charge is -2.19. The minimum Gasteiger partial charge on any atom is -0.376 e. The SMILES string of the molecule is CC(C)(C)c1ccc(S(=O)(=O)CCC(=O)NCC2CCCO2)cc1. The fourth-order valence-corrected chi connectivity index (χ4v) is 3.87. The van der Waals surface area contributed by atoms with E-state index in [9.17, 15) is 13.2 Å². The van der Waals surface area contributed by atoms with Crippen LogP contribution in [0.1, 0.15) is 45.6 Å². The number of rotatable bonds is 6.